The zero-order valence-electron chi connectivity index (χ0n) is 28.8. The number of thioether (sulfide) groups is 1. The van der Waals surface area contributed by atoms with Gasteiger partial charge in [-0.3, -0.25) is 32.5 Å². The van der Waals surface area contributed by atoms with Gasteiger partial charge in [0, 0.05) is 36.6 Å². The number of aliphatic hydroxyl groups excluding tert-OH is 3. The Morgan fingerprint density at radius 3 is 2.39 bits per heavy atom. The number of anilines is 1. The molecule has 1 aliphatic rings. The van der Waals surface area contributed by atoms with E-state index in [2.05, 4.69) is 34.4 Å². The van der Waals surface area contributed by atoms with Gasteiger partial charge in [-0.05, 0) is 0 Å². The molecule has 2 amide bonds. The lowest BCUT2D eigenvalue weighted by molar-refractivity contribution is -0.137. The Bertz CT molecular complexity index is 1780. The summed E-state index contributed by atoms with van der Waals surface area (Å²) in [4.78, 5) is 87.0. The number of hydrogen-bond acceptors (Lipinski definition) is 19. The highest BCUT2D eigenvalue weighted by molar-refractivity contribution is 8.13. The Morgan fingerprint density at radius 1 is 1.07 bits per heavy atom. The molecule has 4 unspecified atom stereocenters. The van der Waals surface area contributed by atoms with Crippen LogP contribution in [-0.2, 0) is 50.7 Å². The maximum atomic E-state index is 12.6. The van der Waals surface area contributed by atoms with Crippen molar-refractivity contribution in [2.75, 3.05) is 44.4 Å². The lowest BCUT2D eigenvalue weighted by atomic mass is 9.87. The predicted molar refractivity (Wildman–Crippen MR) is 183 cm³/mol. The number of imidazole rings is 1. The summed E-state index contributed by atoms with van der Waals surface area (Å²) in [5, 5.41) is 35.0. The normalized spacial score (nSPS) is 22.6. The summed E-state index contributed by atoms with van der Waals surface area (Å²) < 4.78 is 61.9. The number of nitrogen functional groups attached to an aromatic ring is 1. The molecule has 3 heterocycles. The molecular formula is C25H42N7O18P3S. The first-order chi connectivity index (χ1) is 25.0. The first kappa shape index (κ1) is 45.9. The van der Waals surface area contributed by atoms with Crippen molar-refractivity contribution in [1.29, 1.82) is 0 Å². The Hall–Kier alpha value is -2.48. The van der Waals surface area contributed by atoms with E-state index in [1.165, 1.54) is 13.8 Å². The van der Waals surface area contributed by atoms with Gasteiger partial charge in [-0.2, -0.15) is 4.31 Å². The molecule has 29 heteroatoms. The molecule has 0 saturated carbocycles. The number of aliphatic hydroxyl groups is 3. The van der Waals surface area contributed by atoms with Crippen molar-refractivity contribution in [3.05, 3.63) is 12.7 Å². The van der Waals surface area contributed by atoms with E-state index in [-0.39, 0.29) is 54.0 Å². The number of hydrogen-bond donors (Lipinski definition) is 10. The van der Waals surface area contributed by atoms with Gasteiger partial charge < -0.3 is 56.0 Å². The number of nitrogens with one attached hydrogen (secondary N) is 2. The summed E-state index contributed by atoms with van der Waals surface area (Å²) in [6.07, 6.45) is -6.99. The lowest BCUT2D eigenvalue weighted by Gasteiger charge is -2.30. The van der Waals surface area contributed by atoms with Crippen LogP contribution in [0.5, 0.6) is 0 Å². The highest BCUT2D eigenvalue weighted by atomic mass is 32.2. The van der Waals surface area contributed by atoms with Gasteiger partial charge in [0.2, 0.25) is 11.8 Å². The molecule has 2 aromatic rings. The third kappa shape index (κ3) is 13.3. The molecule has 8 atom stereocenters. The molecule has 11 N–H and O–H groups in total. The van der Waals surface area contributed by atoms with Crippen LogP contribution in [0.4, 0.5) is 5.82 Å². The summed E-state index contributed by atoms with van der Waals surface area (Å²) in [7, 11) is -16.4. The van der Waals surface area contributed by atoms with Crippen molar-refractivity contribution in [3.63, 3.8) is 0 Å². The molecule has 3 rings (SSSR count). The van der Waals surface area contributed by atoms with Gasteiger partial charge in [-0.25, -0.2) is 28.6 Å². The first-order valence-corrected chi connectivity index (χ1v) is 21.1. The van der Waals surface area contributed by atoms with Gasteiger partial charge in [-0.1, -0.05) is 32.5 Å². The summed E-state index contributed by atoms with van der Waals surface area (Å²) in [6.45, 7) is 1.62. The quantitative estimate of drug-likeness (QED) is 0.0494. The van der Waals surface area contributed by atoms with Gasteiger partial charge >= 0.3 is 23.5 Å². The number of phosphoric ester groups is 3. The molecule has 0 aliphatic carbocycles. The van der Waals surface area contributed by atoms with E-state index in [9.17, 15) is 57.9 Å². The zero-order chi connectivity index (χ0) is 40.6. The SMILES string of the molecule is C[C@H](CO)C(=O)SCCNC(=O)CCNC(=O)[C@@H](O)C(C)(C)COP(=O)(O)OP(=O)(O)OC[C@@H]1O[C@H](n2cnc3c(N)ncnc32)C(O)C1OP(=O)(O)O. The second kappa shape index (κ2) is 19.1. The van der Waals surface area contributed by atoms with Crippen molar-refractivity contribution in [1.82, 2.24) is 30.2 Å². The van der Waals surface area contributed by atoms with E-state index >= 15 is 0 Å². The minimum atomic E-state index is -5.57. The number of amides is 2. The molecule has 54 heavy (non-hydrogen) atoms. The third-order valence-corrected chi connectivity index (χ3v) is 11.6. The number of phosphoric acid groups is 3. The Kier molecular flexibility index (Phi) is 16.2. The fourth-order valence-electron chi connectivity index (χ4n) is 4.50. The van der Waals surface area contributed by atoms with Crippen LogP contribution in [-0.4, -0.2) is 134 Å². The van der Waals surface area contributed by atoms with Crippen LogP contribution in [0.15, 0.2) is 12.7 Å². The number of rotatable bonds is 21. The minimum Gasteiger partial charge on any atom is -0.396 e. The van der Waals surface area contributed by atoms with Crippen LogP contribution in [0, 0.1) is 11.3 Å². The van der Waals surface area contributed by atoms with Crippen LogP contribution in [0.1, 0.15) is 33.4 Å². The Morgan fingerprint density at radius 2 is 1.74 bits per heavy atom. The third-order valence-electron chi connectivity index (χ3n) is 7.42. The van der Waals surface area contributed by atoms with E-state index in [1.54, 1.807) is 6.92 Å². The number of nitrogens with two attached hydrogens (primary N) is 1. The highest BCUT2D eigenvalue weighted by Crippen LogP contribution is 2.61. The van der Waals surface area contributed by atoms with Crippen LogP contribution < -0.4 is 16.4 Å². The van der Waals surface area contributed by atoms with Gasteiger partial charge in [-0.15, -0.1) is 0 Å². The van der Waals surface area contributed by atoms with Crippen LogP contribution >= 0.6 is 35.2 Å². The molecule has 25 nitrogen and oxygen atoms in total. The average Bonchev–Trinajstić information content (AvgIpc) is 3.64. The minimum absolute atomic E-state index is 0.0259. The van der Waals surface area contributed by atoms with E-state index in [1.807, 2.05) is 0 Å². The zero-order valence-corrected chi connectivity index (χ0v) is 32.3. The fourth-order valence-corrected chi connectivity index (χ4v) is 8.09. The smallest absolute Gasteiger partial charge is 0.396 e. The molecule has 0 aromatic carbocycles. The van der Waals surface area contributed by atoms with Crippen molar-refractivity contribution in [3.8, 4) is 0 Å². The highest BCUT2D eigenvalue weighted by Gasteiger charge is 2.50. The Balaban J connectivity index is 1.51. The number of aromatic nitrogens is 4. The maximum Gasteiger partial charge on any atom is 0.481 e. The molecule has 1 saturated heterocycles. The monoisotopic (exact) mass is 853 g/mol. The second-order valence-corrected chi connectivity index (χ2v) is 17.7. The topological polar surface area (TPSA) is 384 Å². The van der Waals surface area contributed by atoms with Crippen molar-refractivity contribution in [2.24, 2.45) is 11.3 Å². The van der Waals surface area contributed by atoms with Gasteiger partial charge in [0.25, 0.3) is 0 Å². The van der Waals surface area contributed by atoms with Gasteiger partial charge in [0.05, 0.1) is 26.1 Å². The van der Waals surface area contributed by atoms with E-state index < -0.39 is 90.5 Å². The fraction of sp³-hybridized carbons (Fsp3) is 0.680. The van der Waals surface area contributed by atoms with Crippen LogP contribution in [0.3, 0.4) is 0 Å². The van der Waals surface area contributed by atoms with Gasteiger partial charge in [0.1, 0.15) is 36.3 Å². The van der Waals surface area contributed by atoms with Crippen molar-refractivity contribution >= 4 is 69.1 Å². The number of nitrogens with zero attached hydrogens (tertiary/aromatic N) is 4. The van der Waals surface area contributed by atoms with Crippen LogP contribution in [0.2, 0.25) is 0 Å². The van der Waals surface area contributed by atoms with Crippen molar-refractivity contribution in [2.45, 2.75) is 57.8 Å². The molecule has 1 fully saturated rings. The molecule has 0 radical (unpaired) electrons. The lowest BCUT2D eigenvalue weighted by Crippen LogP contribution is -2.46. The maximum absolute atomic E-state index is 12.6. The van der Waals surface area contributed by atoms with E-state index in [0.29, 0.717) is 0 Å². The standard InChI is InChI=1S/C25H42N7O18P3S/c1-13(8-33)24(38)54-7-6-27-15(34)4-5-28-22(37)19(36)25(2,3)10-47-53(44,45)50-52(42,43)46-9-14-18(49-51(39,40)41)17(35)23(48-14)32-12-31-16-20(26)29-11-30-21(16)32/h11-14,17-19,23,33,35-36H,4-10H2,1-3H3,(H,27,34)(H,28,37)(H,42,43)(H,44,45)(H2,26,29,30)(H2,39,40,41)/t13-,14+,17?,18?,19-,23+/m1/s1. The molecule has 2 aromatic heterocycles. The molecule has 0 bridgehead atoms. The molecule has 1 aliphatic heterocycles. The number of carbonyl (C=O) groups is 3. The number of fused-ring (bicyclic) bond motifs is 1. The summed E-state index contributed by atoms with van der Waals surface area (Å²) in [6, 6.07) is 0. The summed E-state index contributed by atoms with van der Waals surface area (Å²) in [5.74, 6) is -1.80. The number of ether oxygens (including phenoxy) is 1. The van der Waals surface area contributed by atoms with Crippen LogP contribution in [0.25, 0.3) is 11.2 Å². The average molecular weight is 854 g/mol. The van der Waals surface area contributed by atoms with E-state index in [4.69, 9.17) is 24.6 Å². The summed E-state index contributed by atoms with van der Waals surface area (Å²) in [5.41, 5.74) is 4.23. The first-order valence-electron chi connectivity index (χ1n) is 15.6. The molecule has 0 spiro atoms. The molecular weight excluding hydrogens is 811 g/mol. The Labute approximate surface area is 310 Å². The summed E-state index contributed by atoms with van der Waals surface area (Å²) >= 11 is 0.943. The van der Waals surface area contributed by atoms with E-state index in [0.717, 1.165) is 29.0 Å². The largest absolute Gasteiger partial charge is 0.481 e. The number of carbonyl (C=O) groups excluding carboxylic acids is 3. The van der Waals surface area contributed by atoms with Gasteiger partial charge in [0.15, 0.2) is 22.8 Å². The van der Waals surface area contributed by atoms with Crippen molar-refractivity contribution < 1.29 is 85.6 Å². The second-order valence-electron chi connectivity index (χ2n) is 12.3. The molecule has 306 valence electrons. The predicted octanol–water partition coefficient (Wildman–Crippen LogP) is -1.71.